The van der Waals surface area contributed by atoms with Gasteiger partial charge in [-0.2, -0.15) is 13.7 Å². The summed E-state index contributed by atoms with van der Waals surface area (Å²) in [6.45, 7) is 47.8. The van der Waals surface area contributed by atoms with E-state index in [2.05, 4.69) is 183 Å². The largest absolute Gasteiger partial charge is 0.519 e. The van der Waals surface area contributed by atoms with Gasteiger partial charge < -0.3 is 70.5 Å². The molecule has 784 valence electrons. The van der Waals surface area contributed by atoms with Crippen molar-refractivity contribution in [3.63, 3.8) is 0 Å². The van der Waals surface area contributed by atoms with Crippen LogP contribution >= 0.6 is 33.9 Å². The average Bonchev–Trinajstić information content (AvgIpc) is 1.68. The number of carbonyl (C=O) groups is 6. The highest BCUT2D eigenvalue weighted by atomic mass is 35.7. The highest BCUT2D eigenvalue weighted by Gasteiger charge is 2.32. The molecular formula is C104H161Cl3N12O19S2. The first-order chi connectivity index (χ1) is 65.8. The van der Waals surface area contributed by atoms with E-state index >= 15 is 0 Å². The standard InChI is InChI=1S/C17H24N2O3.C17H26N2O2.C12H18N2.C12H14N2.C12H17NO3S.C11H15NO.C10H20N2O2.C10H18O5.CH2Cl2.CH3ClO2S.CH4O/c1-17(2,3)22-16(21)18-11-13-9-10-19(12-13)15(20)14-7-5-4-6-8-14;1-17(2,3)21-16(20)18-11-15-9-10-19(13-15)12-14-7-5-4-6-8-14;2*13-8-12-6-7-14(10-12)9-11-4-2-1-3-5-11;1-17(14,15)16-12-7-8-13(10-12)9-11-5-3-2-4-6-11;13-11-6-7-12(9-11)8-10-4-2-1-3-5-10;1-10(2,3)14-9(13)12-7-8-4-5-11-6-8;1-9(2,3)14-7(11)13-8(12)15-10(4,5)6;2-1-3;1-5(2,3)4;1-2/h4-8,13H,9-12H2,1-3H3,(H,18,21);4-8,15H,9-13H2,1-3H3,(H,18,20);1-5,12H,6-10,13H2;1-5,12H,6-7,9-10H2;2-6,12H,7-10H2,1H3;1-5,11,13H,6-9H2;8,11H,4-7H2,1-3H3,(H,12,13);1-6H3;1H2;1H3;2H,1H3. The molecule has 0 saturated carbocycles. The summed E-state index contributed by atoms with van der Waals surface area (Å²) in [5.74, 6) is 2.38. The number of likely N-dealkylation sites (tertiary alicyclic amines) is 6. The van der Waals surface area contributed by atoms with E-state index in [0.717, 1.165) is 169 Å². The number of amides is 4. The van der Waals surface area contributed by atoms with Crippen LogP contribution in [0, 0.1) is 40.9 Å². The van der Waals surface area contributed by atoms with Crippen molar-refractivity contribution in [2.45, 2.75) is 222 Å². The fourth-order valence-corrected chi connectivity index (χ4v) is 15.7. The number of alkyl halides is 2. The van der Waals surface area contributed by atoms with Gasteiger partial charge >= 0.3 is 30.6 Å². The second-order valence-corrected chi connectivity index (χ2v) is 45.5. The number of carbonyl (C=O) groups excluding carboxylic acids is 6. The fraction of sp³-hybridized carbons (Fsp3) is 0.587. The second-order valence-electron chi connectivity index (χ2n) is 40.0. The molecule has 0 spiro atoms. The van der Waals surface area contributed by atoms with E-state index in [0.29, 0.717) is 50.1 Å². The number of nitrogens with zero attached hydrogens (tertiary/aromatic N) is 7. The van der Waals surface area contributed by atoms with Gasteiger partial charge in [0.05, 0.1) is 42.0 Å². The van der Waals surface area contributed by atoms with Gasteiger partial charge in [-0.1, -0.05) is 170 Å². The Balaban J connectivity index is 0.000000408. The van der Waals surface area contributed by atoms with Crippen molar-refractivity contribution in [2.24, 2.45) is 35.3 Å². The number of hydrogen-bond acceptors (Lipinski definition) is 27. The third-order valence-corrected chi connectivity index (χ3v) is 21.7. The van der Waals surface area contributed by atoms with Crippen molar-refractivity contribution in [3.05, 3.63) is 215 Å². The molecule has 7 saturated heterocycles. The van der Waals surface area contributed by atoms with Crippen LogP contribution in [0.15, 0.2) is 182 Å². The van der Waals surface area contributed by atoms with Gasteiger partial charge in [-0.15, -0.1) is 23.2 Å². The van der Waals surface area contributed by atoms with E-state index in [-0.39, 0.29) is 47.5 Å². The SMILES string of the molecule is CC(C)(C)OC(=O)NCC1CCN(C(=O)c2ccccc2)C1.CC(C)(C)OC(=O)NCC1CCN(Cc2ccccc2)C1.CC(C)(C)OC(=O)NCC1CCNC1.CC(C)(C)OC(=O)OC(=O)OC(C)(C)C.CO.CS(=O)(=O)Cl.CS(=O)(=O)OC1CCN(Cc2ccccc2)C1.ClCCl.N#CC1CCN(Cc2ccccc2)C1.NCC1CCN(Cc2ccccc2)C1.OC1CCN(Cc2ccccc2)C1. The van der Waals surface area contributed by atoms with Gasteiger partial charge in [0.15, 0.2) is 0 Å². The molecular weight excluding hydrogens is 1890 g/mol. The zero-order valence-electron chi connectivity index (χ0n) is 85.8. The van der Waals surface area contributed by atoms with Crippen molar-refractivity contribution in [3.8, 4) is 6.07 Å². The molecule has 6 aromatic rings. The van der Waals surface area contributed by atoms with E-state index in [1.54, 1.807) is 41.5 Å². The second kappa shape index (κ2) is 66.2. The molecule has 0 radical (unpaired) electrons. The Morgan fingerprint density at radius 2 is 0.736 bits per heavy atom. The van der Waals surface area contributed by atoms with Gasteiger partial charge in [0.2, 0.25) is 9.05 Å². The first-order valence-electron chi connectivity index (χ1n) is 47.8. The molecule has 7 aliphatic rings. The van der Waals surface area contributed by atoms with Crippen LogP contribution in [-0.2, 0) is 84.5 Å². The first-order valence-corrected chi connectivity index (χ1v) is 53.4. The van der Waals surface area contributed by atoms with Crippen molar-refractivity contribution >= 4 is 89.6 Å². The summed E-state index contributed by atoms with van der Waals surface area (Å²) in [5, 5.41) is 37.0. The predicted molar refractivity (Wildman–Crippen MR) is 556 cm³/mol. The maximum Gasteiger partial charge on any atom is 0.519 e. The minimum atomic E-state index is -3.33. The average molecular weight is 2050 g/mol. The Morgan fingerprint density at radius 3 is 1.06 bits per heavy atom. The molecule has 6 aromatic carbocycles. The van der Waals surface area contributed by atoms with Crippen molar-refractivity contribution in [1.29, 1.82) is 5.26 Å². The van der Waals surface area contributed by atoms with Gasteiger partial charge in [0.1, 0.15) is 28.0 Å². The minimum Gasteiger partial charge on any atom is -0.444 e. The number of aliphatic hydroxyl groups is 2. The lowest BCUT2D eigenvalue weighted by atomic mass is 10.1. The summed E-state index contributed by atoms with van der Waals surface area (Å²) >= 11 is 9.53. The molecule has 140 heavy (non-hydrogen) atoms. The summed E-state index contributed by atoms with van der Waals surface area (Å²) in [6, 6.07) is 63.8. The maximum atomic E-state index is 12.3. The number of nitrogens with two attached hydrogens (primary N) is 1. The van der Waals surface area contributed by atoms with Crippen molar-refractivity contribution in [1.82, 2.24) is 50.7 Å². The van der Waals surface area contributed by atoms with Crippen LogP contribution in [-0.4, -0.2) is 276 Å². The summed E-state index contributed by atoms with van der Waals surface area (Å²) in [4.78, 5) is 82.5. The molecule has 7 aliphatic heterocycles. The van der Waals surface area contributed by atoms with Crippen LogP contribution in [0.3, 0.4) is 0 Å². The molecule has 7 heterocycles. The Bertz CT molecular complexity index is 4680. The lowest BCUT2D eigenvalue weighted by Crippen LogP contribution is -2.36. The van der Waals surface area contributed by atoms with E-state index in [4.69, 9.17) is 67.2 Å². The number of β-amino-alcohol motifs (C(OH)–C–C–N with tert-alkyl or cyclic N) is 1. The smallest absolute Gasteiger partial charge is 0.444 e. The van der Waals surface area contributed by atoms with Crippen LogP contribution in [0.2, 0.25) is 0 Å². The van der Waals surface area contributed by atoms with E-state index in [9.17, 15) is 50.7 Å². The molecule has 0 bridgehead atoms. The monoisotopic (exact) mass is 2050 g/mol. The number of ether oxygens (including phenoxy) is 6. The molecule has 7 fully saturated rings. The van der Waals surface area contributed by atoms with Crippen molar-refractivity contribution in [2.75, 3.05) is 143 Å². The maximum absolute atomic E-state index is 12.3. The number of benzene rings is 6. The summed E-state index contributed by atoms with van der Waals surface area (Å²) in [6.07, 6.45) is 5.74. The van der Waals surface area contributed by atoms with Crippen molar-refractivity contribution < 1.29 is 88.4 Å². The number of nitriles is 1. The molecule has 0 aliphatic carbocycles. The highest BCUT2D eigenvalue weighted by Crippen LogP contribution is 2.25. The molecule has 31 nitrogen and oxygen atoms in total. The Kier molecular flexibility index (Phi) is 59.3. The van der Waals surface area contributed by atoms with Crippen LogP contribution in [0.25, 0.3) is 0 Å². The summed E-state index contributed by atoms with van der Waals surface area (Å²) < 4.78 is 75.2. The lowest BCUT2D eigenvalue weighted by molar-refractivity contribution is -0.0295. The first kappa shape index (κ1) is 125. The Hall–Kier alpha value is -8.80. The normalized spacial score (nSPS) is 19.2. The van der Waals surface area contributed by atoms with Gasteiger partial charge in [-0.3, -0.25) is 33.5 Å². The molecule has 0 aromatic heterocycles. The fourth-order valence-electron chi connectivity index (χ4n) is 15.1. The van der Waals surface area contributed by atoms with E-state index in [1.807, 2.05) is 134 Å². The summed E-state index contributed by atoms with van der Waals surface area (Å²) in [7, 11) is -1.02. The predicted octanol–water partition coefficient (Wildman–Crippen LogP) is 16.9. The van der Waals surface area contributed by atoms with E-state index < -0.39 is 65.6 Å². The topological polar surface area (TPSA) is 393 Å². The van der Waals surface area contributed by atoms with Crippen LogP contribution in [0.4, 0.5) is 24.0 Å². The van der Waals surface area contributed by atoms with Gasteiger partial charge in [-0.25, -0.2) is 32.4 Å². The van der Waals surface area contributed by atoms with Gasteiger partial charge in [0, 0.05) is 135 Å². The number of rotatable bonds is 20. The van der Waals surface area contributed by atoms with Crippen LogP contribution in [0.5, 0.6) is 0 Å². The summed E-state index contributed by atoms with van der Waals surface area (Å²) in [5.41, 5.74) is 10.3. The van der Waals surface area contributed by atoms with Gasteiger partial charge in [0.25, 0.3) is 16.0 Å². The molecule has 4 amide bonds. The Morgan fingerprint density at radius 1 is 0.429 bits per heavy atom. The Labute approximate surface area is 849 Å². The number of alkyl carbamates (subject to hydrolysis) is 3. The molecule has 7 atom stereocenters. The molecule has 8 N–H and O–H groups in total. The molecule has 36 heteroatoms. The lowest BCUT2D eigenvalue weighted by Gasteiger charge is -2.21. The van der Waals surface area contributed by atoms with Crippen LogP contribution in [0.1, 0.15) is 187 Å². The van der Waals surface area contributed by atoms with Gasteiger partial charge in [-0.05, 0) is 252 Å². The molecule has 7 unspecified atom stereocenters. The number of aliphatic hydroxyl groups excluding tert-OH is 2. The third-order valence-electron chi connectivity index (χ3n) is 21.1. The molecule has 13 rings (SSSR count). The number of hydrogen-bond donors (Lipinski definition) is 7. The third kappa shape index (κ3) is 64.7. The van der Waals surface area contributed by atoms with Crippen LogP contribution < -0.4 is 27.0 Å². The zero-order valence-corrected chi connectivity index (χ0v) is 89.7. The zero-order chi connectivity index (χ0) is 105. The quantitative estimate of drug-likeness (QED) is 0.00932. The van der Waals surface area contributed by atoms with E-state index in [1.165, 1.54) is 47.3 Å². The number of halogens is 3. The number of nitrogens with one attached hydrogen (secondary N) is 4. The minimum absolute atomic E-state index is 0.0559. The highest BCUT2D eigenvalue weighted by molar-refractivity contribution is 8.13.